The van der Waals surface area contributed by atoms with Crippen LogP contribution in [0.4, 0.5) is 0 Å². The van der Waals surface area contributed by atoms with E-state index in [1.807, 2.05) is 28.9 Å². The molecule has 3 heterocycles. The first-order valence-corrected chi connectivity index (χ1v) is 8.66. The molecule has 0 unspecified atom stereocenters. The molecule has 0 radical (unpaired) electrons. The Morgan fingerprint density at radius 2 is 2.20 bits per heavy atom. The average molecular weight is 344 g/mol. The molecule has 7 heteroatoms. The van der Waals surface area contributed by atoms with E-state index in [2.05, 4.69) is 10.4 Å². The van der Waals surface area contributed by atoms with Gasteiger partial charge in [-0.1, -0.05) is 0 Å². The molecule has 1 N–H and O–H groups in total. The molecule has 1 aliphatic rings. The zero-order chi connectivity index (χ0) is 17.8. The molecule has 1 fully saturated rings. The number of nitrogens with zero attached hydrogens (tertiary/aromatic N) is 3. The number of amides is 2. The van der Waals surface area contributed by atoms with Crippen molar-refractivity contribution in [3.63, 3.8) is 0 Å². The van der Waals surface area contributed by atoms with Crippen LogP contribution in [0.1, 0.15) is 48.1 Å². The zero-order valence-corrected chi connectivity index (χ0v) is 14.7. The highest BCUT2D eigenvalue weighted by Crippen LogP contribution is 2.22. The van der Waals surface area contributed by atoms with E-state index < -0.39 is 0 Å². The summed E-state index contributed by atoms with van der Waals surface area (Å²) in [7, 11) is 0. The van der Waals surface area contributed by atoms with Gasteiger partial charge in [0.2, 0.25) is 5.91 Å². The zero-order valence-electron chi connectivity index (χ0n) is 14.7. The van der Waals surface area contributed by atoms with E-state index in [-0.39, 0.29) is 17.9 Å². The van der Waals surface area contributed by atoms with Crippen molar-refractivity contribution in [3.05, 3.63) is 41.6 Å². The van der Waals surface area contributed by atoms with Crippen LogP contribution in [-0.2, 0) is 17.9 Å². The summed E-state index contributed by atoms with van der Waals surface area (Å²) in [5.41, 5.74) is 1.11. The Morgan fingerprint density at radius 1 is 1.36 bits per heavy atom. The second-order valence-electron chi connectivity index (χ2n) is 6.56. The van der Waals surface area contributed by atoms with E-state index in [4.69, 9.17) is 4.42 Å². The summed E-state index contributed by atoms with van der Waals surface area (Å²) in [5, 5.41) is 7.00. The Kier molecular flexibility index (Phi) is 5.21. The van der Waals surface area contributed by atoms with Gasteiger partial charge in [-0.2, -0.15) is 5.10 Å². The van der Waals surface area contributed by atoms with Crippen molar-refractivity contribution in [1.29, 1.82) is 0 Å². The molecule has 1 saturated heterocycles. The summed E-state index contributed by atoms with van der Waals surface area (Å²) < 4.78 is 7.52. The van der Waals surface area contributed by atoms with E-state index in [1.165, 1.54) is 6.92 Å². The first-order valence-electron chi connectivity index (χ1n) is 8.66. The molecule has 134 valence electrons. The molecule has 1 aliphatic heterocycles. The monoisotopic (exact) mass is 344 g/mol. The number of nitrogens with one attached hydrogen (secondary N) is 1. The molecule has 0 spiro atoms. The van der Waals surface area contributed by atoms with Gasteiger partial charge in [0, 0.05) is 19.7 Å². The van der Waals surface area contributed by atoms with Gasteiger partial charge in [0.25, 0.3) is 5.91 Å². The van der Waals surface area contributed by atoms with Crippen LogP contribution < -0.4 is 5.32 Å². The maximum atomic E-state index is 12.9. The minimum Gasteiger partial charge on any atom is -0.454 e. The highest BCUT2D eigenvalue weighted by Gasteiger charge is 2.29. The first-order chi connectivity index (χ1) is 12.0. The third-order valence-electron chi connectivity index (χ3n) is 4.43. The molecule has 1 atom stereocenters. The van der Waals surface area contributed by atoms with Crippen molar-refractivity contribution in [2.45, 2.75) is 52.2 Å². The number of carbonyl (C=O) groups excluding carboxylic acids is 2. The lowest BCUT2D eigenvalue weighted by Crippen LogP contribution is -2.45. The van der Waals surface area contributed by atoms with Crippen LogP contribution in [0.3, 0.4) is 0 Å². The van der Waals surface area contributed by atoms with Crippen LogP contribution in [0.2, 0.25) is 0 Å². The number of aryl methyl sites for hydroxylation is 1. The maximum Gasteiger partial charge on any atom is 0.289 e. The topological polar surface area (TPSA) is 80.4 Å². The summed E-state index contributed by atoms with van der Waals surface area (Å²) in [6, 6.07) is 3.53. The molecular weight excluding hydrogens is 320 g/mol. The lowest BCUT2D eigenvalue weighted by atomic mass is 10.0. The number of likely N-dealkylation sites (tertiary alicyclic amines) is 1. The van der Waals surface area contributed by atoms with Crippen LogP contribution in [0.5, 0.6) is 0 Å². The first kappa shape index (κ1) is 17.3. The summed E-state index contributed by atoms with van der Waals surface area (Å²) >= 11 is 0. The number of aromatic nitrogens is 2. The lowest BCUT2D eigenvalue weighted by Gasteiger charge is -2.35. The predicted molar refractivity (Wildman–Crippen MR) is 91.9 cm³/mol. The average Bonchev–Trinajstić information content (AvgIpc) is 3.22. The summed E-state index contributed by atoms with van der Waals surface area (Å²) in [6.07, 6.45) is 6.90. The van der Waals surface area contributed by atoms with E-state index in [0.29, 0.717) is 24.6 Å². The highest BCUT2D eigenvalue weighted by atomic mass is 16.4. The quantitative estimate of drug-likeness (QED) is 0.901. The van der Waals surface area contributed by atoms with Gasteiger partial charge in [0.15, 0.2) is 5.76 Å². The molecule has 3 rings (SSSR count). The minimum atomic E-state index is -0.130. The lowest BCUT2D eigenvalue weighted by molar-refractivity contribution is -0.119. The van der Waals surface area contributed by atoms with Gasteiger partial charge < -0.3 is 14.6 Å². The van der Waals surface area contributed by atoms with Crippen LogP contribution in [0, 0.1) is 6.92 Å². The van der Waals surface area contributed by atoms with Crippen molar-refractivity contribution in [2.24, 2.45) is 0 Å². The second kappa shape index (κ2) is 7.55. The van der Waals surface area contributed by atoms with Gasteiger partial charge >= 0.3 is 0 Å². The Labute approximate surface area is 147 Å². The van der Waals surface area contributed by atoms with Crippen molar-refractivity contribution >= 4 is 11.8 Å². The highest BCUT2D eigenvalue weighted by molar-refractivity contribution is 5.91. The van der Waals surface area contributed by atoms with Crippen LogP contribution in [-0.4, -0.2) is 39.1 Å². The standard InChI is InChI=1S/C18H24N4O3/c1-13-9-20-21(11-13)12-15-5-3-4-8-22(15)18(24)17-7-6-16(25-17)10-19-14(2)23/h6-7,9,11,15H,3-5,8,10,12H2,1-2H3,(H,19,23)/t15-/m0/s1. The Morgan fingerprint density at radius 3 is 2.92 bits per heavy atom. The molecule has 0 aliphatic carbocycles. The number of hydrogen-bond donors (Lipinski definition) is 1. The molecule has 25 heavy (non-hydrogen) atoms. The summed E-state index contributed by atoms with van der Waals surface area (Å²) in [5.74, 6) is 0.677. The van der Waals surface area contributed by atoms with Crippen LogP contribution >= 0.6 is 0 Å². The molecule has 2 amide bonds. The number of piperidine rings is 1. The number of hydrogen-bond acceptors (Lipinski definition) is 4. The van der Waals surface area contributed by atoms with Gasteiger partial charge in [0.05, 0.1) is 25.3 Å². The summed E-state index contributed by atoms with van der Waals surface area (Å²) in [4.78, 5) is 25.7. The van der Waals surface area contributed by atoms with Crippen molar-refractivity contribution < 1.29 is 14.0 Å². The van der Waals surface area contributed by atoms with Crippen LogP contribution in [0.25, 0.3) is 0 Å². The second-order valence-corrected chi connectivity index (χ2v) is 6.56. The predicted octanol–water partition coefficient (Wildman–Crippen LogP) is 2.12. The SMILES string of the molecule is CC(=O)NCc1ccc(C(=O)N2CCCC[C@H]2Cn2cc(C)cn2)o1. The fourth-order valence-corrected chi connectivity index (χ4v) is 3.18. The fourth-order valence-electron chi connectivity index (χ4n) is 3.18. The normalized spacial score (nSPS) is 17.5. The Balaban J connectivity index is 1.69. The van der Waals surface area contributed by atoms with Gasteiger partial charge in [-0.15, -0.1) is 0 Å². The maximum absolute atomic E-state index is 12.9. The number of carbonyl (C=O) groups is 2. The van der Waals surface area contributed by atoms with E-state index in [1.54, 1.807) is 12.1 Å². The van der Waals surface area contributed by atoms with Gasteiger partial charge in [-0.3, -0.25) is 14.3 Å². The van der Waals surface area contributed by atoms with Crippen molar-refractivity contribution in [3.8, 4) is 0 Å². The van der Waals surface area contributed by atoms with Crippen LogP contribution in [0.15, 0.2) is 28.9 Å². The minimum absolute atomic E-state index is 0.0948. The summed E-state index contributed by atoms with van der Waals surface area (Å²) in [6.45, 7) is 5.17. The molecular formula is C18H24N4O3. The third-order valence-corrected chi connectivity index (χ3v) is 4.43. The Bertz CT molecular complexity index is 749. The van der Waals surface area contributed by atoms with Gasteiger partial charge in [0.1, 0.15) is 5.76 Å². The van der Waals surface area contributed by atoms with E-state index in [0.717, 1.165) is 31.4 Å². The molecule has 0 aromatic carbocycles. The molecule has 2 aromatic heterocycles. The van der Waals surface area contributed by atoms with Gasteiger partial charge in [-0.25, -0.2) is 0 Å². The third kappa shape index (κ3) is 4.29. The fraction of sp³-hybridized carbons (Fsp3) is 0.500. The molecule has 7 nitrogen and oxygen atoms in total. The molecule has 0 bridgehead atoms. The Hall–Kier alpha value is -2.57. The number of furan rings is 1. The van der Waals surface area contributed by atoms with Crippen molar-refractivity contribution in [1.82, 2.24) is 20.0 Å². The van der Waals surface area contributed by atoms with Crippen molar-refractivity contribution in [2.75, 3.05) is 6.54 Å². The van der Waals surface area contributed by atoms with Gasteiger partial charge in [-0.05, 0) is 43.9 Å². The largest absolute Gasteiger partial charge is 0.454 e. The molecule has 2 aromatic rings. The number of rotatable bonds is 5. The smallest absolute Gasteiger partial charge is 0.289 e. The van der Waals surface area contributed by atoms with E-state index >= 15 is 0 Å². The molecule has 0 saturated carbocycles. The van der Waals surface area contributed by atoms with E-state index in [9.17, 15) is 9.59 Å².